The van der Waals surface area contributed by atoms with Crippen molar-refractivity contribution in [2.75, 3.05) is 13.1 Å². The van der Waals surface area contributed by atoms with Crippen LogP contribution < -0.4 is 5.32 Å². The number of nitrogens with one attached hydrogen (secondary N) is 1. The molecule has 1 saturated heterocycles. The summed E-state index contributed by atoms with van der Waals surface area (Å²) in [6, 6.07) is 9.06. The van der Waals surface area contributed by atoms with Gasteiger partial charge in [-0.25, -0.2) is 0 Å². The topological polar surface area (TPSA) is 32.3 Å². The van der Waals surface area contributed by atoms with Crippen molar-refractivity contribution in [3.05, 3.63) is 35.4 Å². The zero-order chi connectivity index (χ0) is 14.9. The molecule has 3 nitrogen and oxygen atoms in total. The quantitative estimate of drug-likeness (QED) is 0.923. The van der Waals surface area contributed by atoms with Crippen LogP contribution in [0.3, 0.4) is 0 Å². The molecule has 2 aliphatic rings. The lowest BCUT2D eigenvalue weighted by atomic mass is 9.79. The molecule has 1 saturated carbocycles. The highest BCUT2D eigenvalue weighted by Crippen LogP contribution is 2.36. The number of carbonyl (C=O) groups is 1. The Hall–Kier alpha value is -1.35. The molecule has 21 heavy (non-hydrogen) atoms. The van der Waals surface area contributed by atoms with Crippen LogP contribution in [0.1, 0.15) is 43.7 Å². The molecule has 1 aliphatic carbocycles. The number of benzene rings is 1. The van der Waals surface area contributed by atoms with Crippen LogP contribution in [-0.4, -0.2) is 29.9 Å². The van der Waals surface area contributed by atoms with Gasteiger partial charge in [-0.1, -0.05) is 36.8 Å². The van der Waals surface area contributed by atoms with Crippen molar-refractivity contribution in [1.82, 2.24) is 10.2 Å². The van der Waals surface area contributed by atoms with E-state index in [0.29, 0.717) is 11.9 Å². The second kappa shape index (κ2) is 5.80. The predicted octanol–water partition coefficient (Wildman–Crippen LogP) is 2.88. The second-order valence-corrected chi connectivity index (χ2v) is 6.96. The van der Waals surface area contributed by atoms with E-state index >= 15 is 0 Å². The summed E-state index contributed by atoms with van der Waals surface area (Å²) >= 11 is 0. The lowest BCUT2D eigenvalue weighted by Gasteiger charge is -2.37. The Bertz CT molecular complexity index is 498. The molecule has 1 amide bonds. The van der Waals surface area contributed by atoms with Gasteiger partial charge >= 0.3 is 0 Å². The van der Waals surface area contributed by atoms with Crippen molar-refractivity contribution in [2.24, 2.45) is 5.41 Å². The van der Waals surface area contributed by atoms with E-state index in [1.165, 1.54) is 24.0 Å². The number of aryl methyl sites for hydroxylation is 1. The van der Waals surface area contributed by atoms with Crippen molar-refractivity contribution in [3.8, 4) is 0 Å². The third-order valence-corrected chi connectivity index (χ3v) is 4.95. The highest BCUT2D eigenvalue weighted by molar-refractivity contribution is 5.83. The first kappa shape index (κ1) is 14.6. The molecule has 1 aromatic carbocycles. The molecule has 0 bridgehead atoms. The highest BCUT2D eigenvalue weighted by atomic mass is 16.2. The van der Waals surface area contributed by atoms with E-state index in [-0.39, 0.29) is 5.41 Å². The Morgan fingerprint density at radius 1 is 1.24 bits per heavy atom. The Kier molecular flexibility index (Phi) is 4.03. The number of piperidine rings is 1. The standard InChI is InChI=1S/C18H26N2O/c1-14-3-5-15(6-4-14)13-20(16-7-8-16)17(21)18(2)9-11-19-12-10-18/h3-6,16,19H,7-13H2,1-2H3. The Morgan fingerprint density at radius 2 is 1.86 bits per heavy atom. The van der Waals surface area contributed by atoms with Gasteiger partial charge in [0.25, 0.3) is 0 Å². The first-order valence-corrected chi connectivity index (χ1v) is 8.16. The summed E-state index contributed by atoms with van der Waals surface area (Å²) in [7, 11) is 0. The fraction of sp³-hybridized carbons (Fsp3) is 0.611. The third kappa shape index (κ3) is 3.29. The van der Waals surface area contributed by atoms with Gasteiger partial charge in [0.05, 0.1) is 0 Å². The van der Waals surface area contributed by atoms with Crippen molar-refractivity contribution in [2.45, 2.75) is 52.1 Å². The van der Waals surface area contributed by atoms with Crippen LogP contribution in [0.5, 0.6) is 0 Å². The molecule has 0 aromatic heterocycles. The van der Waals surface area contributed by atoms with Gasteiger partial charge in [-0.3, -0.25) is 4.79 Å². The summed E-state index contributed by atoms with van der Waals surface area (Å²) < 4.78 is 0. The van der Waals surface area contributed by atoms with Crippen LogP contribution in [0.2, 0.25) is 0 Å². The number of hydrogen-bond acceptors (Lipinski definition) is 2. The molecule has 0 atom stereocenters. The molecule has 1 aromatic rings. The van der Waals surface area contributed by atoms with Gasteiger partial charge in [0.2, 0.25) is 5.91 Å². The average molecular weight is 286 g/mol. The van der Waals surface area contributed by atoms with Gasteiger partial charge in [0.15, 0.2) is 0 Å². The first-order valence-electron chi connectivity index (χ1n) is 8.16. The summed E-state index contributed by atoms with van der Waals surface area (Å²) in [5.41, 5.74) is 2.35. The fourth-order valence-electron chi connectivity index (χ4n) is 3.18. The monoisotopic (exact) mass is 286 g/mol. The molecule has 3 rings (SSSR count). The summed E-state index contributed by atoms with van der Waals surface area (Å²) in [5.74, 6) is 0.368. The lowest BCUT2D eigenvalue weighted by Crippen LogP contribution is -2.48. The van der Waals surface area contributed by atoms with E-state index in [1.54, 1.807) is 0 Å². The van der Waals surface area contributed by atoms with Gasteiger partial charge in [-0.15, -0.1) is 0 Å². The summed E-state index contributed by atoms with van der Waals surface area (Å²) in [5, 5.41) is 3.36. The molecule has 3 heteroatoms. The molecular formula is C18H26N2O. The molecular weight excluding hydrogens is 260 g/mol. The fourth-order valence-corrected chi connectivity index (χ4v) is 3.18. The minimum Gasteiger partial charge on any atom is -0.335 e. The minimum absolute atomic E-state index is 0.168. The van der Waals surface area contributed by atoms with Crippen LogP contribution in [0.25, 0.3) is 0 Å². The van der Waals surface area contributed by atoms with E-state index in [2.05, 4.69) is 48.3 Å². The number of hydrogen-bond donors (Lipinski definition) is 1. The maximum absolute atomic E-state index is 13.1. The predicted molar refractivity (Wildman–Crippen MR) is 85.0 cm³/mol. The maximum atomic E-state index is 13.1. The normalized spacial score (nSPS) is 21.0. The summed E-state index contributed by atoms with van der Waals surface area (Å²) in [6.45, 7) is 6.95. The highest BCUT2D eigenvalue weighted by Gasteiger charge is 2.42. The van der Waals surface area contributed by atoms with Gasteiger partial charge in [-0.05, 0) is 51.3 Å². The average Bonchev–Trinajstić information content (AvgIpc) is 3.31. The van der Waals surface area contributed by atoms with E-state index in [1.807, 2.05) is 0 Å². The van der Waals surface area contributed by atoms with Crippen LogP contribution in [-0.2, 0) is 11.3 Å². The van der Waals surface area contributed by atoms with Gasteiger partial charge in [0.1, 0.15) is 0 Å². The number of carbonyl (C=O) groups excluding carboxylic acids is 1. The van der Waals surface area contributed by atoms with Gasteiger partial charge in [-0.2, -0.15) is 0 Å². The zero-order valence-electron chi connectivity index (χ0n) is 13.2. The van der Waals surface area contributed by atoms with Crippen molar-refractivity contribution in [1.29, 1.82) is 0 Å². The lowest BCUT2D eigenvalue weighted by molar-refractivity contribution is -0.144. The molecule has 1 heterocycles. The molecule has 114 valence electrons. The third-order valence-electron chi connectivity index (χ3n) is 4.95. The maximum Gasteiger partial charge on any atom is 0.229 e. The Labute approximate surface area is 127 Å². The van der Waals surface area contributed by atoms with Crippen molar-refractivity contribution < 1.29 is 4.79 Å². The van der Waals surface area contributed by atoms with E-state index < -0.39 is 0 Å². The van der Waals surface area contributed by atoms with Crippen molar-refractivity contribution in [3.63, 3.8) is 0 Å². The minimum atomic E-state index is -0.168. The molecule has 0 radical (unpaired) electrons. The van der Waals surface area contributed by atoms with Crippen LogP contribution in [0.4, 0.5) is 0 Å². The van der Waals surface area contributed by atoms with E-state index in [9.17, 15) is 4.79 Å². The summed E-state index contributed by atoms with van der Waals surface area (Å²) in [6.07, 6.45) is 4.27. The molecule has 2 fully saturated rings. The SMILES string of the molecule is Cc1ccc(CN(C(=O)C2(C)CCNCC2)C2CC2)cc1. The van der Waals surface area contributed by atoms with E-state index in [0.717, 1.165) is 32.5 Å². The molecule has 0 spiro atoms. The zero-order valence-corrected chi connectivity index (χ0v) is 13.2. The second-order valence-electron chi connectivity index (χ2n) is 6.96. The molecule has 1 aliphatic heterocycles. The number of rotatable bonds is 4. The smallest absolute Gasteiger partial charge is 0.229 e. The largest absolute Gasteiger partial charge is 0.335 e. The Morgan fingerprint density at radius 3 is 2.43 bits per heavy atom. The van der Waals surface area contributed by atoms with E-state index in [4.69, 9.17) is 0 Å². The van der Waals surface area contributed by atoms with Crippen molar-refractivity contribution >= 4 is 5.91 Å². The molecule has 0 unspecified atom stereocenters. The Balaban J connectivity index is 1.74. The number of nitrogens with zero attached hydrogens (tertiary/aromatic N) is 1. The molecule has 1 N–H and O–H groups in total. The van der Waals surface area contributed by atoms with Gasteiger partial charge < -0.3 is 10.2 Å². The van der Waals surface area contributed by atoms with Crippen LogP contribution in [0.15, 0.2) is 24.3 Å². The van der Waals surface area contributed by atoms with Crippen LogP contribution in [0, 0.1) is 12.3 Å². The van der Waals surface area contributed by atoms with Crippen LogP contribution >= 0.6 is 0 Å². The van der Waals surface area contributed by atoms with Gasteiger partial charge in [0, 0.05) is 18.0 Å². The summed E-state index contributed by atoms with van der Waals surface area (Å²) in [4.78, 5) is 15.2. The first-order chi connectivity index (χ1) is 10.1. The number of amides is 1.